The molecule has 0 aliphatic rings. The highest BCUT2D eigenvalue weighted by atomic mass is 35.5. The second kappa shape index (κ2) is 5.82. The van der Waals surface area contributed by atoms with Crippen molar-refractivity contribution >= 4 is 28.7 Å². The third kappa shape index (κ3) is 2.61. The van der Waals surface area contributed by atoms with Crippen molar-refractivity contribution in [3.63, 3.8) is 0 Å². The van der Waals surface area contributed by atoms with E-state index in [9.17, 15) is 4.79 Å². The van der Waals surface area contributed by atoms with Gasteiger partial charge < -0.3 is 9.88 Å². The number of carbonyl (C=O) groups is 1. The predicted molar refractivity (Wildman–Crippen MR) is 70.6 cm³/mol. The van der Waals surface area contributed by atoms with Gasteiger partial charge in [0.15, 0.2) is 5.65 Å². The number of aryl methyl sites for hydroxylation is 2. The van der Waals surface area contributed by atoms with E-state index in [2.05, 4.69) is 15.3 Å². The fourth-order valence-electron chi connectivity index (χ4n) is 1.85. The standard InChI is InChI=1S/C12H15ClN4O/c1-14-11(18)5-8-17-10(4-6-13)16-9-3-2-7-15-12(9)17/h2-3,7H,4-6,8H2,1H3,(H,14,18). The Morgan fingerprint density at radius 1 is 1.56 bits per heavy atom. The molecular formula is C12H15ClN4O. The van der Waals surface area contributed by atoms with E-state index in [1.54, 1.807) is 13.2 Å². The number of amides is 1. The Morgan fingerprint density at radius 3 is 3.11 bits per heavy atom. The van der Waals surface area contributed by atoms with Crippen LogP contribution in [0.3, 0.4) is 0 Å². The van der Waals surface area contributed by atoms with Crippen LogP contribution in [-0.4, -0.2) is 33.4 Å². The molecule has 1 amide bonds. The van der Waals surface area contributed by atoms with E-state index >= 15 is 0 Å². The van der Waals surface area contributed by atoms with Crippen LogP contribution in [-0.2, 0) is 17.8 Å². The van der Waals surface area contributed by atoms with Crippen LogP contribution < -0.4 is 5.32 Å². The van der Waals surface area contributed by atoms with Crippen LogP contribution in [0.15, 0.2) is 18.3 Å². The molecule has 96 valence electrons. The van der Waals surface area contributed by atoms with E-state index in [1.807, 2.05) is 16.7 Å². The van der Waals surface area contributed by atoms with Crippen molar-refractivity contribution in [1.82, 2.24) is 19.9 Å². The van der Waals surface area contributed by atoms with Crippen LogP contribution in [0.1, 0.15) is 12.2 Å². The highest BCUT2D eigenvalue weighted by Crippen LogP contribution is 2.15. The Kier molecular flexibility index (Phi) is 4.15. The maximum absolute atomic E-state index is 11.3. The molecule has 0 unspecified atom stereocenters. The Balaban J connectivity index is 2.32. The lowest BCUT2D eigenvalue weighted by Crippen LogP contribution is -2.20. The van der Waals surface area contributed by atoms with Gasteiger partial charge in [0.1, 0.15) is 11.3 Å². The molecule has 0 atom stereocenters. The van der Waals surface area contributed by atoms with Gasteiger partial charge in [-0.25, -0.2) is 9.97 Å². The van der Waals surface area contributed by atoms with Crippen molar-refractivity contribution in [2.45, 2.75) is 19.4 Å². The number of fused-ring (bicyclic) bond motifs is 1. The average Bonchev–Trinajstić information content (AvgIpc) is 2.74. The van der Waals surface area contributed by atoms with Gasteiger partial charge in [0.05, 0.1) is 0 Å². The van der Waals surface area contributed by atoms with E-state index < -0.39 is 0 Å². The van der Waals surface area contributed by atoms with Crippen LogP contribution in [0.5, 0.6) is 0 Å². The van der Waals surface area contributed by atoms with Gasteiger partial charge in [-0.1, -0.05) is 0 Å². The maximum atomic E-state index is 11.3. The largest absolute Gasteiger partial charge is 0.359 e. The minimum Gasteiger partial charge on any atom is -0.359 e. The summed E-state index contributed by atoms with van der Waals surface area (Å²) in [6.07, 6.45) is 2.81. The molecule has 0 aromatic carbocycles. The van der Waals surface area contributed by atoms with Crippen molar-refractivity contribution in [2.75, 3.05) is 12.9 Å². The molecule has 0 aliphatic heterocycles. The summed E-state index contributed by atoms with van der Waals surface area (Å²) in [5, 5.41) is 2.61. The molecule has 0 spiro atoms. The predicted octanol–water partition coefficient (Wildman–Crippen LogP) is 1.35. The molecule has 0 saturated heterocycles. The number of nitrogens with one attached hydrogen (secondary N) is 1. The molecule has 18 heavy (non-hydrogen) atoms. The summed E-state index contributed by atoms with van der Waals surface area (Å²) in [4.78, 5) is 20.1. The van der Waals surface area contributed by atoms with Gasteiger partial charge in [-0.05, 0) is 12.1 Å². The van der Waals surface area contributed by atoms with Gasteiger partial charge in [0, 0.05) is 38.5 Å². The lowest BCUT2D eigenvalue weighted by atomic mass is 10.3. The number of rotatable bonds is 5. The molecule has 2 aromatic rings. The number of nitrogens with zero attached hydrogens (tertiary/aromatic N) is 3. The quantitative estimate of drug-likeness (QED) is 0.831. The van der Waals surface area contributed by atoms with Crippen molar-refractivity contribution in [2.24, 2.45) is 0 Å². The first-order valence-electron chi connectivity index (χ1n) is 5.83. The summed E-state index contributed by atoms with van der Waals surface area (Å²) in [7, 11) is 1.63. The Hall–Kier alpha value is -1.62. The summed E-state index contributed by atoms with van der Waals surface area (Å²) in [5.41, 5.74) is 1.65. The minimum atomic E-state index is 0.00426. The monoisotopic (exact) mass is 266 g/mol. The number of carbonyl (C=O) groups excluding carboxylic acids is 1. The van der Waals surface area contributed by atoms with Gasteiger partial charge in [-0.3, -0.25) is 4.79 Å². The molecule has 2 aromatic heterocycles. The first-order valence-corrected chi connectivity index (χ1v) is 6.36. The highest BCUT2D eigenvalue weighted by Gasteiger charge is 2.11. The normalized spacial score (nSPS) is 10.8. The molecule has 2 heterocycles. The highest BCUT2D eigenvalue weighted by molar-refractivity contribution is 6.17. The summed E-state index contributed by atoms with van der Waals surface area (Å²) in [5.74, 6) is 1.38. The first-order chi connectivity index (χ1) is 8.76. The second-order valence-corrected chi connectivity index (χ2v) is 4.27. The van der Waals surface area contributed by atoms with E-state index in [0.29, 0.717) is 25.3 Å². The molecule has 0 radical (unpaired) electrons. The zero-order valence-corrected chi connectivity index (χ0v) is 10.9. The molecule has 0 aliphatic carbocycles. The summed E-state index contributed by atoms with van der Waals surface area (Å²) in [6, 6.07) is 3.76. The maximum Gasteiger partial charge on any atom is 0.221 e. The van der Waals surface area contributed by atoms with E-state index in [-0.39, 0.29) is 5.91 Å². The van der Waals surface area contributed by atoms with Crippen molar-refractivity contribution in [3.8, 4) is 0 Å². The van der Waals surface area contributed by atoms with E-state index in [0.717, 1.165) is 17.0 Å². The fraction of sp³-hybridized carbons (Fsp3) is 0.417. The zero-order chi connectivity index (χ0) is 13.0. The van der Waals surface area contributed by atoms with Gasteiger partial charge in [0.2, 0.25) is 5.91 Å². The number of hydrogen-bond acceptors (Lipinski definition) is 3. The SMILES string of the molecule is CNC(=O)CCn1c(CCCl)nc2cccnc21. The molecule has 0 fully saturated rings. The minimum absolute atomic E-state index is 0.00426. The van der Waals surface area contributed by atoms with Gasteiger partial charge >= 0.3 is 0 Å². The van der Waals surface area contributed by atoms with Crippen LogP contribution in [0.4, 0.5) is 0 Å². The molecule has 6 heteroatoms. The average molecular weight is 267 g/mol. The molecule has 0 bridgehead atoms. The molecule has 5 nitrogen and oxygen atoms in total. The topological polar surface area (TPSA) is 59.8 Å². The molecule has 0 saturated carbocycles. The summed E-state index contributed by atoms with van der Waals surface area (Å²) >= 11 is 5.77. The third-order valence-electron chi connectivity index (χ3n) is 2.74. The van der Waals surface area contributed by atoms with Crippen LogP contribution in [0.25, 0.3) is 11.2 Å². The lowest BCUT2D eigenvalue weighted by Gasteiger charge is -2.06. The number of alkyl halides is 1. The van der Waals surface area contributed by atoms with Crippen molar-refractivity contribution in [3.05, 3.63) is 24.2 Å². The van der Waals surface area contributed by atoms with Crippen LogP contribution >= 0.6 is 11.6 Å². The summed E-state index contributed by atoms with van der Waals surface area (Å²) < 4.78 is 1.97. The summed E-state index contributed by atoms with van der Waals surface area (Å²) in [6.45, 7) is 0.569. The molecule has 1 N–H and O–H groups in total. The smallest absolute Gasteiger partial charge is 0.221 e. The first kappa shape index (κ1) is 12.8. The van der Waals surface area contributed by atoms with Crippen molar-refractivity contribution in [1.29, 1.82) is 0 Å². The van der Waals surface area contributed by atoms with Crippen LogP contribution in [0.2, 0.25) is 0 Å². The van der Waals surface area contributed by atoms with Gasteiger partial charge in [0.25, 0.3) is 0 Å². The van der Waals surface area contributed by atoms with Gasteiger partial charge in [-0.2, -0.15) is 0 Å². The fourth-order valence-corrected chi connectivity index (χ4v) is 2.02. The van der Waals surface area contributed by atoms with E-state index in [4.69, 9.17) is 11.6 Å². The number of pyridine rings is 1. The van der Waals surface area contributed by atoms with Gasteiger partial charge in [-0.15, -0.1) is 11.6 Å². The van der Waals surface area contributed by atoms with Crippen molar-refractivity contribution < 1.29 is 4.79 Å². The number of hydrogen-bond donors (Lipinski definition) is 1. The van der Waals surface area contributed by atoms with E-state index in [1.165, 1.54) is 0 Å². The Bertz CT molecular complexity index is 552. The number of imidazole rings is 1. The van der Waals surface area contributed by atoms with Crippen LogP contribution in [0, 0.1) is 0 Å². The zero-order valence-electron chi connectivity index (χ0n) is 10.2. The number of halogens is 1. The molecular weight excluding hydrogens is 252 g/mol. The second-order valence-electron chi connectivity index (χ2n) is 3.89. The number of aromatic nitrogens is 3. The third-order valence-corrected chi connectivity index (χ3v) is 2.93. The Morgan fingerprint density at radius 2 is 2.39 bits per heavy atom. The Labute approximate surface area is 110 Å². The molecule has 2 rings (SSSR count). The lowest BCUT2D eigenvalue weighted by molar-refractivity contribution is -0.120.